The van der Waals surface area contributed by atoms with E-state index in [0.717, 1.165) is 0 Å². The van der Waals surface area contributed by atoms with Crippen LogP contribution in [0.2, 0.25) is 0 Å². The Bertz CT molecular complexity index is 194. The van der Waals surface area contributed by atoms with Crippen LogP contribution in [0.4, 0.5) is 0 Å². The van der Waals surface area contributed by atoms with Crippen LogP contribution >= 0.6 is 0 Å². The second-order valence-corrected chi connectivity index (χ2v) is 2.62. The van der Waals surface area contributed by atoms with Crippen molar-refractivity contribution in [1.29, 1.82) is 0 Å². The summed E-state index contributed by atoms with van der Waals surface area (Å²) in [5.74, 6) is 0.666. The van der Waals surface area contributed by atoms with Crippen molar-refractivity contribution in [2.45, 2.75) is 12.8 Å². The Hall–Kier alpha value is -0.780. The molecule has 0 aliphatic heterocycles. The Morgan fingerprint density at radius 2 is 2.33 bits per heavy atom. The lowest BCUT2D eigenvalue weighted by Crippen LogP contribution is -1.97. The van der Waals surface area contributed by atoms with Crippen molar-refractivity contribution in [3.63, 3.8) is 0 Å². The van der Waals surface area contributed by atoms with Gasteiger partial charge in [-0.15, -0.1) is 0 Å². The van der Waals surface area contributed by atoms with E-state index in [0.29, 0.717) is 5.92 Å². The van der Waals surface area contributed by atoms with Gasteiger partial charge in [0.1, 0.15) is 0 Å². The quantitative estimate of drug-likeness (QED) is 0.428. The molecule has 0 nitrogen and oxygen atoms in total. The molecular weight excluding hydrogens is 108 g/mol. The van der Waals surface area contributed by atoms with E-state index in [1.54, 1.807) is 5.57 Å². The zero-order valence-electron chi connectivity index (χ0n) is 5.38. The maximum absolute atomic E-state index is 2.29. The lowest BCUT2D eigenvalue weighted by atomic mass is 9.93. The van der Waals surface area contributed by atoms with E-state index in [1.807, 2.05) is 0 Å². The zero-order chi connectivity index (χ0) is 6.10. The molecule has 0 bridgehead atoms. The highest BCUT2D eigenvalue weighted by Gasteiger charge is 2.12. The van der Waals surface area contributed by atoms with Crippen molar-refractivity contribution >= 4 is 0 Å². The van der Waals surface area contributed by atoms with Gasteiger partial charge in [0.15, 0.2) is 0 Å². The molecule has 0 spiro atoms. The third kappa shape index (κ3) is 0.748. The van der Waals surface area contributed by atoms with Crippen LogP contribution in [0.25, 0.3) is 0 Å². The fourth-order valence-electron chi connectivity index (χ4n) is 1.46. The minimum absolute atomic E-state index is 0.666. The fraction of sp³-hybridized carbons (Fsp3) is 0.333. The van der Waals surface area contributed by atoms with Gasteiger partial charge in [0, 0.05) is 5.92 Å². The van der Waals surface area contributed by atoms with Crippen LogP contribution in [-0.2, 0) is 0 Å². The molecule has 2 aliphatic carbocycles. The predicted molar refractivity (Wildman–Crippen MR) is 39.1 cm³/mol. The summed E-state index contributed by atoms with van der Waals surface area (Å²) >= 11 is 0. The van der Waals surface area contributed by atoms with Gasteiger partial charge in [0.2, 0.25) is 0 Å². The van der Waals surface area contributed by atoms with Crippen molar-refractivity contribution in [1.82, 2.24) is 0 Å². The molecule has 0 N–H and O–H groups in total. The molecule has 0 heterocycles. The topological polar surface area (TPSA) is 0 Å². The van der Waals surface area contributed by atoms with E-state index < -0.39 is 0 Å². The number of hydrogen-bond acceptors (Lipinski definition) is 0. The third-order valence-corrected chi connectivity index (χ3v) is 2.00. The molecule has 0 radical (unpaired) electrons. The first-order valence-corrected chi connectivity index (χ1v) is 3.51. The molecule has 0 heteroatoms. The second-order valence-electron chi connectivity index (χ2n) is 2.62. The average Bonchev–Trinajstić information content (AvgIpc) is 2.33. The van der Waals surface area contributed by atoms with Gasteiger partial charge in [-0.2, -0.15) is 0 Å². The first-order valence-electron chi connectivity index (χ1n) is 3.51. The first kappa shape index (κ1) is 5.04. The molecule has 0 fully saturated rings. The van der Waals surface area contributed by atoms with E-state index in [4.69, 9.17) is 0 Å². The van der Waals surface area contributed by atoms with Crippen LogP contribution in [0.15, 0.2) is 36.0 Å². The first-order chi connectivity index (χ1) is 4.47. The van der Waals surface area contributed by atoms with Gasteiger partial charge in [-0.05, 0) is 12.8 Å². The van der Waals surface area contributed by atoms with Gasteiger partial charge in [-0.25, -0.2) is 0 Å². The smallest absolute Gasteiger partial charge is 0.0163 e. The number of fused-ring (bicyclic) bond motifs is 1. The zero-order valence-corrected chi connectivity index (χ0v) is 5.38. The molecule has 1 atom stereocenters. The molecule has 2 aliphatic rings. The van der Waals surface area contributed by atoms with Crippen LogP contribution < -0.4 is 0 Å². The summed E-state index contributed by atoms with van der Waals surface area (Å²) in [5.41, 5.74) is 1.59. The summed E-state index contributed by atoms with van der Waals surface area (Å²) in [5, 5.41) is 0. The molecule has 0 saturated carbocycles. The number of rotatable bonds is 0. The minimum atomic E-state index is 0.666. The predicted octanol–water partition coefficient (Wildman–Crippen LogP) is 2.45. The molecule has 0 aromatic heterocycles. The molecule has 46 valence electrons. The molecule has 9 heavy (non-hydrogen) atoms. The monoisotopic (exact) mass is 118 g/mol. The van der Waals surface area contributed by atoms with Crippen LogP contribution in [0.1, 0.15) is 12.8 Å². The van der Waals surface area contributed by atoms with Crippen molar-refractivity contribution in [3.05, 3.63) is 36.0 Å². The van der Waals surface area contributed by atoms with Gasteiger partial charge in [0.05, 0.1) is 0 Å². The summed E-state index contributed by atoms with van der Waals surface area (Å²) < 4.78 is 0. The Morgan fingerprint density at radius 3 is 3.22 bits per heavy atom. The van der Waals surface area contributed by atoms with E-state index in [9.17, 15) is 0 Å². The highest BCUT2D eigenvalue weighted by molar-refractivity contribution is 5.33. The van der Waals surface area contributed by atoms with E-state index in [2.05, 4.69) is 30.4 Å². The van der Waals surface area contributed by atoms with Gasteiger partial charge >= 0.3 is 0 Å². The number of hydrogen-bond donors (Lipinski definition) is 0. The third-order valence-electron chi connectivity index (χ3n) is 2.00. The lowest BCUT2D eigenvalue weighted by Gasteiger charge is -2.12. The second kappa shape index (κ2) is 1.87. The van der Waals surface area contributed by atoms with Gasteiger partial charge in [-0.3, -0.25) is 0 Å². The SMILES string of the molecule is C1=CC2C=CCCC2=C1. The molecule has 0 saturated heterocycles. The molecule has 1 unspecified atom stereocenters. The van der Waals surface area contributed by atoms with E-state index >= 15 is 0 Å². The van der Waals surface area contributed by atoms with E-state index in [1.165, 1.54) is 12.8 Å². The molecule has 0 amide bonds. The Morgan fingerprint density at radius 1 is 1.33 bits per heavy atom. The largest absolute Gasteiger partial charge is 0.0873 e. The molecule has 0 aromatic carbocycles. The highest BCUT2D eigenvalue weighted by atomic mass is 14.2. The van der Waals surface area contributed by atoms with Crippen LogP contribution in [-0.4, -0.2) is 0 Å². The minimum Gasteiger partial charge on any atom is -0.0873 e. The van der Waals surface area contributed by atoms with Crippen molar-refractivity contribution < 1.29 is 0 Å². The van der Waals surface area contributed by atoms with Crippen LogP contribution in [0.3, 0.4) is 0 Å². The summed E-state index contributed by atoms with van der Waals surface area (Å²) in [6, 6.07) is 0. The summed E-state index contributed by atoms with van der Waals surface area (Å²) in [6.45, 7) is 0. The summed E-state index contributed by atoms with van der Waals surface area (Å²) in [4.78, 5) is 0. The van der Waals surface area contributed by atoms with Gasteiger partial charge in [0.25, 0.3) is 0 Å². The Kier molecular flexibility index (Phi) is 1.05. The van der Waals surface area contributed by atoms with Crippen molar-refractivity contribution in [2.24, 2.45) is 5.92 Å². The van der Waals surface area contributed by atoms with Gasteiger partial charge < -0.3 is 0 Å². The fourth-order valence-corrected chi connectivity index (χ4v) is 1.46. The number of allylic oxidation sites excluding steroid dienone is 6. The lowest BCUT2D eigenvalue weighted by molar-refractivity contribution is 0.815. The molecular formula is C9H10. The maximum Gasteiger partial charge on any atom is 0.0163 e. The Balaban J connectivity index is 2.31. The van der Waals surface area contributed by atoms with E-state index in [-0.39, 0.29) is 0 Å². The summed E-state index contributed by atoms with van der Waals surface area (Å²) in [6.07, 6.45) is 13.7. The van der Waals surface area contributed by atoms with Crippen molar-refractivity contribution in [2.75, 3.05) is 0 Å². The molecule has 2 rings (SSSR count). The standard InChI is InChI=1S/C9H10/c1-2-5-9-7-3-6-8(9)4-1/h1,3-4,6-8H,2,5H2. The highest BCUT2D eigenvalue weighted by Crippen LogP contribution is 2.28. The Labute approximate surface area is 55.6 Å². The normalized spacial score (nSPS) is 30.2. The van der Waals surface area contributed by atoms with Crippen LogP contribution in [0, 0.1) is 5.92 Å². The van der Waals surface area contributed by atoms with Gasteiger partial charge in [-0.1, -0.05) is 36.0 Å². The molecule has 0 aromatic rings. The average molecular weight is 118 g/mol. The van der Waals surface area contributed by atoms with Crippen LogP contribution in [0.5, 0.6) is 0 Å². The van der Waals surface area contributed by atoms with Crippen molar-refractivity contribution in [3.8, 4) is 0 Å². The summed E-state index contributed by atoms with van der Waals surface area (Å²) in [7, 11) is 0. The maximum atomic E-state index is 2.29.